The third-order valence-corrected chi connectivity index (χ3v) is 5.95. The van der Waals surface area contributed by atoms with E-state index in [4.69, 9.17) is 21.7 Å². The Kier molecular flexibility index (Phi) is 7.59. The average molecular weight is 449 g/mol. The summed E-state index contributed by atoms with van der Waals surface area (Å²) in [6.45, 7) is 3.82. The van der Waals surface area contributed by atoms with Crippen molar-refractivity contribution in [1.82, 2.24) is 14.3 Å². The molecular weight excluding hydrogens is 424 g/mol. The van der Waals surface area contributed by atoms with Crippen LogP contribution in [0.2, 0.25) is 0 Å². The molecule has 8 nitrogen and oxygen atoms in total. The van der Waals surface area contributed by atoms with E-state index < -0.39 is 0 Å². The molecule has 3 rings (SSSR count). The topological polar surface area (TPSA) is 85.2 Å². The SMILES string of the molecule is COCCCNc1nc2c(C)cccn2c(=O)c1/C=C1\SC(=S)N(CCOC)C1=O. The molecule has 160 valence electrons. The number of anilines is 1. The van der Waals surface area contributed by atoms with E-state index in [9.17, 15) is 9.59 Å². The Labute approximate surface area is 184 Å². The zero-order valence-electron chi connectivity index (χ0n) is 17.1. The van der Waals surface area contributed by atoms with Gasteiger partial charge in [0.1, 0.15) is 15.8 Å². The first-order valence-corrected chi connectivity index (χ1v) is 10.7. The quantitative estimate of drug-likeness (QED) is 0.355. The number of aromatic nitrogens is 2. The molecule has 3 heterocycles. The molecule has 1 aliphatic heterocycles. The molecule has 0 saturated carbocycles. The number of fused-ring (bicyclic) bond motifs is 1. The van der Waals surface area contributed by atoms with Crippen molar-refractivity contribution < 1.29 is 14.3 Å². The molecule has 1 aliphatic rings. The molecule has 0 radical (unpaired) electrons. The molecule has 0 aliphatic carbocycles. The van der Waals surface area contributed by atoms with Crippen molar-refractivity contribution in [2.75, 3.05) is 45.8 Å². The summed E-state index contributed by atoms with van der Waals surface area (Å²) >= 11 is 6.50. The number of hydrogen-bond donors (Lipinski definition) is 1. The molecule has 2 aromatic heterocycles. The molecular formula is C20H24N4O4S2. The van der Waals surface area contributed by atoms with Crippen molar-refractivity contribution >= 4 is 51.7 Å². The highest BCUT2D eigenvalue weighted by molar-refractivity contribution is 8.26. The van der Waals surface area contributed by atoms with E-state index in [2.05, 4.69) is 10.3 Å². The van der Waals surface area contributed by atoms with Gasteiger partial charge < -0.3 is 14.8 Å². The van der Waals surface area contributed by atoms with E-state index >= 15 is 0 Å². The predicted octanol–water partition coefficient (Wildman–Crippen LogP) is 2.30. The molecule has 1 saturated heterocycles. The van der Waals surface area contributed by atoms with Crippen molar-refractivity contribution in [3.05, 3.63) is 44.7 Å². The molecule has 0 unspecified atom stereocenters. The Morgan fingerprint density at radius 3 is 2.77 bits per heavy atom. The van der Waals surface area contributed by atoms with Crippen LogP contribution in [0.3, 0.4) is 0 Å². The minimum atomic E-state index is -0.250. The van der Waals surface area contributed by atoms with Crippen molar-refractivity contribution in [2.24, 2.45) is 0 Å². The van der Waals surface area contributed by atoms with Gasteiger partial charge in [0, 0.05) is 33.6 Å². The average Bonchev–Trinajstić information content (AvgIpc) is 2.99. The first-order valence-electron chi connectivity index (χ1n) is 9.47. The Balaban J connectivity index is 2.04. The Hall–Kier alpha value is -2.27. The van der Waals surface area contributed by atoms with Crippen LogP contribution in [0.25, 0.3) is 11.7 Å². The second-order valence-corrected chi connectivity index (χ2v) is 8.34. The summed E-state index contributed by atoms with van der Waals surface area (Å²) in [5.74, 6) is 0.202. The number of hydrogen-bond acceptors (Lipinski definition) is 8. The van der Waals surface area contributed by atoms with E-state index in [1.165, 1.54) is 21.1 Å². The van der Waals surface area contributed by atoms with Gasteiger partial charge in [-0.25, -0.2) is 4.98 Å². The van der Waals surface area contributed by atoms with Gasteiger partial charge in [-0.1, -0.05) is 30.0 Å². The molecule has 2 aromatic rings. The molecule has 0 bridgehead atoms. The van der Waals surface area contributed by atoms with Gasteiger partial charge in [0.25, 0.3) is 11.5 Å². The first-order chi connectivity index (χ1) is 14.5. The maximum Gasteiger partial charge on any atom is 0.267 e. The number of nitrogens with one attached hydrogen (secondary N) is 1. The third-order valence-electron chi connectivity index (χ3n) is 4.57. The molecule has 1 amide bonds. The molecule has 30 heavy (non-hydrogen) atoms. The van der Waals surface area contributed by atoms with Gasteiger partial charge in [-0.15, -0.1) is 0 Å². The van der Waals surface area contributed by atoms with Crippen LogP contribution < -0.4 is 10.9 Å². The fraction of sp³-hybridized carbons (Fsp3) is 0.400. The summed E-state index contributed by atoms with van der Waals surface area (Å²) in [6, 6.07) is 3.70. The zero-order chi connectivity index (χ0) is 21.7. The molecule has 0 spiro atoms. The lowest BCUT2D eigenvalue weighted by Gasteiger charge is -2.13. The van der Waals surface area contributed by atoms with Crippen LogP contribution in [0.5, 0.6) is 0 Å². The summed E-state index contributed by atoms with van der Waals surface area (Å²) in [5.41, 5.74) is 1.52. The maximum atomic E-state index is 13.2. The lowest BCUT2D eigenvalue weighted by molar-refractivity contribution is -0.122. The van der Waals surface area contributed by atoms with Crippen molar-refractivity contribution in [1.29, 1.82) is 0 Å². The van der Waals surface area contributed by atoms with Gasteiger partial charge in [0.05, 0.1) is 23.6 Å². The van der Waals surface area contributed by atoms with Crippen molar-refractivity contribution in [2.45, 2.75) is 13.3 Å². The summed E-state index contributed by atoms with van der Waals surface area (Å²) in [4.78, 5) is 32.6. The van der Waals surface area contributed by atoms with Crippen LogP contribution in [0.15, 0.2) is 28.0 Å². The van der Waals surface area contributed by atoms with Gasteiger partial charge in [-0.3, -0.25) is 18.9 Å². The van der Waals surface area contributed by atoms with Gasteiger partial charge in [0.2, 0.25) is 0 Å². The van der Waals surface area contributed by atoms with Crippen LogP contribution in [-0.4, -0.2) is 65.0 Å². The number of aryl methyl sites for hydroxylation is 1. The summed E-state index contributed by atoms with van der Waals surface area (Å²) < 4.78 is 12.1. The van der Waals surface area contributed by atoms with Crippen LogP contribution in [0, 0.1) is 6.92 Å². The van der Waals surface area contributed by atoms with Crippen molar-refractivity contribution in [3.8, 4) is 0 Å². The first kappa shape index (κ1) is 22.4. The highest BCUT2D eigenvalue weighted by Crippen LogP contribution is 2.32. The smallest absolute Gasteiger partial charge is 0.267 e. The van der Waals surface area contributed by atoms with Crippen LogP contribution in [0.4, 0.5) is 5.82 Å². The van der Waals surface area contributed by atoms with Crippen LogP contribution in [0.1, 0.15) is 17.5 Å². The molecule has 1 N–H and O–H groups in total. The minimum absolute atomic E-state index is 0.235. The number of rotatable bonds is 9. The van der Waals surface area contributed by atoms with Crippen LogP contribution in [-0.2, 0) is 14.3 Å². The summed E-state index contributed by atoms with van der Waals surface area (Å²) in [7, 11) is 3.21. The Bertz CT molecular complexity index is 1050. The number of thiocarbonyl (C=S) groups is 1. The van der Waals surface area contributed by atoms with Gasteiger partial charge in [0.15, 0.2) is 0 Å². The van der Waals surface area contributed by atoms with Gasteiger partial charge >= 0.3 is 0 Å². The number of methoxy groups -OCH3 is 2. The lowest BCUT2D eigenvalue weighted by Crippen LogP contribution is -2.31. The van der Waals surface area contributed by atoms with E-state index in [0.29, 0.717) is 52.6 Å². The van der Waals surface area contributed by atoms with E-state index in [1.807, 2.05) is 13.0 Å². The number of carbonyl (C=O) groups excluding carboxylic acids is 1. The normalized spacial score (nSPS) is 15.6. The Morgan fingerprint density at radius 2 is 2.03 bits per heavy atom. The molecule has 0 aromatic carbocycles. The highest BCUT2D eigenvalue weighted by Gasteiger charge is 2.32. The minimum Gasteiger partial charge on any atom is -0.385 e. The van der Waals surface area contributed by atoms with E-state index in [1.54, 1.807) is 32.6 Å². The van der Waals surface area contributed by atoms with Gasteiger partial charge in [-0.2, -0.15) is 0 Å². The van der Waals surface area contributed by atoms with E-state index in [0.717, 1.165) is 12.0 Å². The van der Waals surface area contributed by atoms with Crippen molar-refractivity contribution in [3.63, 3.8) is 0 Å². The number of thioether (sulfide) groups is 1. The number of pyridine rings is 1. The second-order valence-electron chi connectivity index (χ2n) is 6.66. The third kappa shape index (κ3) is 4.72. The second kappa shape index (κ2) is 10.2. The van der Waals surface area contributed by atoms with Gasteiger partial charge in [-0.05, 0) is 31.1 Å². The van der Waals surface area contributed by atoms with Crippen LogP contribution >= 0.6 is 24.0 Å². The summed E-state index contributed by atoms with van der Waals surface area (Å²) in [5, 5.41) is 3.22. The van der Waals surface area contributed by atoms with E-state index in [-0.39, 0.29) is 11.5 Å². The number of nitrogens with zero attached hydrogens (tertiary/aromatic N) is 3. The predicted molar refractivity (Wildman–Crippen MR) is 123 cm³/mol. The highest BCUT2D eigenvalue weighted by atomic mass is 32.2. The standard InChI is InChI=1S/C20H24N4O4S2/c1-13-6-4-8-23-17(13)22-16(21-7-5-10-27-2)14(18(23)25)12-15-19(26)24(9-11-28-3)20(29)30-15/h4,6,8,12,21H,5,7,9-11H2,1-3H3/b15-12-. The summed E-state index contributed by atoms with van der Waals surface area (Å²) in [6.07, 6.45) is 4.01. The lowest BCUT2D eigenvalue weighted by atomic mass is 10.2. The molecule has 0 atom stereocenters. The largest absolute Gasteiger partial charge is 0.385 e. The zero-order valence-corrected chi connectivity index (χ0v) is 18.8. The molecule has 10 heteroatoms. The number of carbonyl (C=O) groups is 1. The monoisotopic (exact) mass is 448 g/mol. The number of amides is 1. The fourth-order valence-corrected chi connectivity index (χ4v) is 4.30. The number of ether oxygens (including phenoxy) is 2. The maximum absolute atomic E-state index is 13.2. The Morgan fingerprint density at radius 1 is 1.27 bits per heavy atom. The fourth-order valence-electron chi connectivity index (χ4n) is 3.01. The molecule has 1 fully saturated rings.